The van der Waals surface area contributed by atoms with Crippen molar-refractivity contribution in [2.75, 3.05) is 38.7 Å². The van der Waals surface area contributed by atoms with Gasteiger partial charge in [-0.15, -0.1) is 0 Å². The lowest BCUT2D eigenvalue weighted by molar-refractivity contribution is -0.192. The zero-order chi connectivity index (χ0) is 29.1. The van der Waals surface area contributed by atoms with Crippen molar-refractivity contribution in [1.82, 2.24) is 19.9 Å². The normalized spacial score (nSPS) is 19.8. The Bertz CT molecular complexity index is 1380. The zero-order valence-electron chi connectivity index (χ0n) is 22.5. The van der Waals surface area contributed by atoms with Crippen molar-refractivity contribution >= 4 is 28.6 Å². The summed E-state index contributed by atoms with van der Waals surface area (Å²) in [5, 5.41) is 14.4. The highest BCUT2D eigenvalue weighted by molar-refractivity contribution is 5.98. The molecule has 2 saturated heterocycles. The number of carboxylic acids is 1. The molecule has 0 bridgehead atoms. The van der Waals surface area contributed by atoms with Crippen LogP contribution in [-0.2, 0) is 24.7 Å². The molecule has 13 heteroatoms. The Morgan fingerprint density at radius 1 is 1.25 bits per heavy atom. The Morgan fingerprint density at radius 2 is 1.95 bits per heavy atom. The number of amides is 1. The Kier molecular flexibility index (Phi) is 8.76. The molecule has 5 rings (SSSR count). The molecule has 0 spiro atoms. The van der Waals surface area contributed by atoms with Crippen LogP contribution in [0.4, 0.5) is 19.0 Å². The molecular formula is C27H32F3N5O5. The van der Waals surface area contributed by atoms with E-state index in [0.29, 0.717) is 25.1 Å². The third kappa shape index (κ3) is 6.43. The minimum atomic E-state index is -5.08. The van der Waals surface area contributed by atoms with E-state index in [1.807, 2.05) is 12.3 Å². The summed E-state index contributed by atoms with van der Waals surface area (Å²) >= 11 is 0. The number of carboxylic acid groups (broad SMARTS) is 1. The van der Waals surface area contributed by atoms with Crippen LogP contribution in [-0.4, -0.2) is 71.1 Å². The molecule has 3 N–H and O–H groups in total. The van der Waals surface area contributed by atoms with Gasteiger partial charge in [0.25, 0.3) is 0 Å². The van der Waals surface area contributed by atoms with Crippen LogP contribution in [0, 0.1) is 6.92 Å². The molecule has 0 aromatic carbocycles. The van der Waals surface area contributed by atoms with Gasteiger partial charge in [0.05, 0.1) is 29.7 Å². The SMILES string of the molecule is CO[C@@]1(c2cc(C)cc(-c3cn(C4CCNCC4)c4cnc(NC(C)=O)cc34)n2)CCOC1.O=C(O)C(F)(F)F. The number of methoxy groups -OCH3 is 1. The van der Waals surface area contributed by atoms with Gasteiger partial charge in [-0.3, -0.25) is 4.79 Å². The van der Waals surface area contributed by atoms with Crippen molar-refractivity contribution < 1.29 is 37.3 Å². The molecule has 1 amide bonds. The Hall–Kier alpha value is -3.55. The van der Waals surface area contributed by atoms with Crippen LogP contribution >= 0.6 is 0 Å². The number of hydrogen-bond donors (Lipinski definition) is 3. The topological polar surface area (TPSA) is 128 Å². The van der Waals surface area contributed by atoms with Crippen LogP contribution in [0.1, 0.15) is 43.5 Å². The molecule has 3 aromatic heterocycles. The van der Waals surface area contributed by atoms with Gasteiger partial charge >= 0.3 is 12.1 Å². The van der Waals surface area contributed by atoms with E-state index in [-0.39, 0.29) is 5.91 Å². The molecule has 10 nitrogen and oxygen atoms in total. The average molecular weight is 564 g/mol. The number of halogens is 3. The molecule has 216 valence electrons. The van der Waals surface area contributed by atoms with Crippen LogP contribution in [0.2, 0.25) is 0 Å². The monoisotopic (exact) mass is 563 g/mol. The van der Waals surface area contributed by atoms with E-state index in [1.54, 1.807) is 7.11 Å². The van der Waals surface area contributed by atoms with E-state index < -0.39 is 17.7 Å². The van der Waals surface area contributed by atoms with E-state index >= 15 is 0 Å². The number of carbonyl (C=O) groups excluding carboxylic acids is 1. The third-order valence-corrected chi connectivity index (χ3v) is 7.06. The van der Waals surface area contributed by atoms with Crippen molar-refractivity contribution in [2.24, 2.45) is 0 Å². The maximum atomic E-state index is 11.7. The summed E-state index contributed by atoms with van der Waals surface area (Å²) in [5.74, 6) is -2.35. The number of alkyl halides is 3. The van der Waals surface area contributed by atoms with Gasteiger partial charge < -0.3 is 29.8 Å². The Labute approximate surface area is 228 Å². The largest absolute Gasteiger partial charge is 0.490 e. The van der Waals surface area contributed by atoms with Crippen LogP contribution in [0.25, 0.3) is 22.2 Å². The minimum Gasteiger partial charge on any atom is -0.475 e. The van der Waals surface area contributed by atoms with E-state index in [2.05, 4.69) is 45.4 Å². The van der Waals surface area contributed by atoms with Gasteiger partial charge in [0.1, 0.15) is 11.4 Å². The number of fused-ring (bicyclic) bond motifs is 1. The number of pyridine rings is 2. The van der Waals surface area contributed by atoms with Crippen molar-refractivity contribution in [2.45, 2.75) is 50.9 Å². The first kappa shape index (κ1) is 29.4. The quantitative estimate of drug-likeness (QED) is 0.422. The number of ether oxygens (including phenoxy) is 2. The van der Waals surface area contributed by atoms with Crippen molar-refractivity contribution in [3.8, 4) is 11.3 Å². The number of hydrogen-bond acceptors (Lipinski definition) is 7. The van der Waals surface area contributed by atoms with Crippen molar-refractivity contribution in [1.29, 1.82) is 0 Å². The van der Waals surface area contributed by atoms with Crippen LogP contribution in [0.15, 0.2) is 30.6 Å². The first-order chi connectivity index (χ1) is 18.9. The number of anilines is 1. The predicted octanol–water partition coefficient (Wildman–Crippen LogP) is 4.18. The van der Waals surface area contributed by atoms with E-state index in [1.165, 1.54) is 6.92 Å². The maximum absolute atomic E-state index is 11.7. The summed E-state index contributed by atoms with van der Waals surface area (Å²) in [5.41, 5.74) is 4.49. The fourth-order valence-electron chi connectivity index (χ4n) is 5.04. The van der Waals surface area contributed by atoms with Crippen LogP contribution < -0.4 is 10.6 Å². The number of rotatable bonds is 5. The predicted molar refractivity (Wildman–Crippen MR) is 141 cm³/mol. The summed E-state index contributed by atoms with van der Waals surface area (Å²) in [7, 11) is 1.73. The second-order valence-electron chi connectivity index (χ2n) is 9.92. The summed E-state index contributed by atoms with van der Waals surface area (Å²) in [6.07, 6.45) is 1.90. The smallest absolute Gasteiger partial charge is 0.475 e. The van der Waals surface area contributed by atoms with Gasteiger partial charge in [-0.25, -0.2) is 14.8 Å². The number of nitrogens with zero attached hydrogens (tertiary/aromatic N) is 3. The van der Waals surface area contributed by atoms with Gasteiger partial charge in [0.2, 0.25) is 5.91 Å². The summed E-state index contributed by atoms with van der Waals surface area (Å²) in [6, 6.07) is 6.56. The highest BCUT2D eigenvalue weighted by Crippen LogP contribution is 2.38. The second kappa shape index (κ2) is 11.9. The fourth-order valence-corrected chi connectivity index (χ4v) is 5.04. The molecule has 0 aliphatic carbocycles. The fraction of sp³-hybridized carbons (Fsp3) is 0.481. The summed E-state index contributed by atoms with van der Waals surface area (Å²) < 4.78 is 45.7. The van der Waals surface area contributed by atoms with E-state index in [0.717, 1.165) is 65.8 Å². The number of aryl methyl sites for hydroxylation is 1. The highest BCUT2D eigenvalue weighted by Gasteiger charge is 2.39. The third-order valence-electron chi connectivity index (χ3n) is 7.06. The van der Waals surface area contributed by atoms with Crippen LogP contribution in [0.5, 0.6) is 0 Å². The second-order valence-corrected chi connectivity index (χ2v) is 9.92. The molecule has 0 saturated carbocycles. The minimum absolute atomic E-state index is 0.138. The molecule has 2 aliphatic heterocycles. The lowest BCUT2D eigenvalue weighted by Gasteiger charge is -2.26. The zero-order valence-corrected chi connectivity index (χ0v) is 22.5. The van der Waals surface area contributed by atoms with Gasteiger partial charge in [-0.2, -0.15) is 13.2 Å². The first-order valence-corrected chi connectivity index (χ1v) is 12.8. The van der Waals surface area contributed by atoms with E-state index in [4.69, 9.17) is 24.4 Å². The average Bonchev–Trinajstić information content (AvgIpc) is 3.54. The van der Waals surface area contributed by atoms with Gasteiger partial charge in [-0.05, 0) is 56.6 Å². The molecule has 2 aliphatic rings. The molecule has 0 radical (unpaired) electrons. The first-order valence-electron chi connectivity index (χ1n) is 12.8. The highest BCUT2D eigenvalue weighted by atomic mass is 19.4. The lowest BCUT2D eigenvalue weighted by Crippen LogP contribution is -2.30. The number of nitrogens with one attached hydrogen (secondary N) is 2. The number of carbonyl (C=O) groups is 2. The lowest BCUT2D eigenvalue weighted by atomic mass is 9.95. The Morgan fingerprint density at radius 3 is 2.52 bits per heavy atom. The molecule has 0 unspecified atom stereocenters. The van der Waals surface area contributed by atoms with Gasteiger partial charge in [-0.1, -0.05) is 0 Å². The number of aromatic nitrogens is 3. The van der Waals surface area contributed by atoms with Crippen LogP contribution in [0.3, 0.4) is 0 Å². The molecule has 1 atom stereocenters. The van der Waals surface area contributed by atoms with Crippen molar-refractivity contribution in [3.63, 3.8) is 0 Å². The maximum Gasteiger partial charge on any atom is 0.490 e. The van der Waals surface area contributed by atoms with Gasteiger partial charge in [0.15, 0.2) is 0 Å². The summed E-state index contributed by atoms with van der Waals surface area (Å²) in [6.45, 7) is 6.76. The molecule has 2 fully saturated rings. The molecule has 3 aromatic rings. The molecular weight excluding hydrogens is 531 g/mol. The van der Waals surface area contributed by atoms with Gasteiger partial charge in [0, 0.05) is 50.2 Å². The number of piperidine rings is 1. The van der Waals surface area contributed by atoms with Crippen molar-refractivity contribution in [3.05, 3.63) is 41.9 Å². The standard InChI is InChI=1S/C25H31N5O3.C2HF3O2/c1-16-10-21(29-23(11-16)25(32-3)6-9-33-15-25)20-14-30(18-4-7-26-8-5-18)22-13-27-24(12-19(20)22)28-17(2)31;3-2(4,5)1(6)7/h10-14,18,26H,4-9,15H2,1-3H3,(H,27,28,31);(H,6,7)/t25-;/m0./s1. The van der Waals surface area contributed by atoms with E-state index in [9.17, 15) is 18.0 Å². The number of aliphatic carboxylic acids is 1. The summed E-state index contributed by atoms with van der Waals surface area (Å²) in [4.78, 5) is 30.2. The molecule has 5 heterocycles. The molecule has 40 heavy (non-hydrogen) atoms. The Balaban J connectivity index is 0.000000470.